The maximum atomic E-state index is 13.7. The molecule has 0 aromatic heterocycles. The molecule has 1 N–H and O–H groups in total. The van der Waals surface area contributed by atoms with Gasteiger partial charge < -0.3 is 15.0 Å². The third kappa shape index (κ3) is 9.03. The number of hydrogen-bond donors (Lipinski definition) is 1. The molecule has 0 bridgehead atoms. The van der Waals surface area contributed by atoms with Gasteiger partial charge in [-0.2, -0.15) is 13.2 Å². The minimum Gasteiger partial charge on any atom is -0.497 e. The maximum absolute atomic E-state index is 13.7. The molecular weight excluding hydrogens is 559 g/mol. The number of alkyl halides is 3. The van der Waals surface area contributed by atoms with E-state index in [2.05, 4.69) is 5.32 Å². The van der Waals surface area contributed by atoms with Crippen molar-refractivity contribution in [3.05, 3.63) is 58.6 Å². The van der Waals surface area contributed by atoms with Crippen LogP contribution in [0.25, 0.3) is 0 Å². The van der Waals surface area contributed by atoms with Crippen LogP contribution in [0.3, 0.4) is 0 Å². The maximum Gasteiger partial charge on any atom is 0.417 e. The molecule has 2 aromatic carbocycles. The minimum absolute atomic E-state index is 0.0738. The number of nitrogens with zero attached hydrogens (tertiary/aromatic N) is 2. The zero-order chi connectivity index (χ0) is 29.5. The van der Waals surface area contributed by atoms with Crippen molar-refractivity contribution < 1.29 is 35.9 Å². The van der Waals surface area contributed by atoms with Gasteiger partial charge in [0.25, 0.3) is 0 Å². The summed E-state index contributed by atoms with van der Waals surface area (Å²) in [4.78, 5) is 28.0. The largest absolute Gasteiger partial charge is 0.497 e. The van der Waals surface area contributed by atoms with Crippen molar-refractivity contribution in [3.8, 4) is 5.75 Å². The highest BCUT2D eigenvalue weighted by Gasteiger charge is 2.36. The third-order valence-corrected chi connectivity index (χ3v) is 7.25. The first-order chi connectivity index (χ1) is 18.1. The van der Waals surface area contributed by atoms with Gasteiger partial charge in [0.1, 0.15) is 18.3 Å². The molecule has 39 heavy (non-hydrogen) atoms. The van der Waals surface area contributed by atoms with Crippen molar-refractivity contribution in [2.45, 2.75) is 46.0 Å². The lowest BCUT2D eigenvalue weighted by Crippen LogP contribution is -2.52. The Kier molecular flexibility index (Phi) is 11.1. The molecule has 13 heteroatoms. The summed E-state index contributed by atoms with van der Waals surface area (Å²) in [6.45, 7) is 4.97. The third-order valence-electron chi connectivity index (χ3n) is 5.78. The molecule has 0 aliphatic carbocycles. The van der Waals surface area contributed by atoms with Crippen molar-refractivity contribution in [1.82, 2.24) is 10.2 Å². The topological polar surface area (TPSA) is 96.0 Å². The number of sulfonamides is 1. The van der Waals surface area contributed by atoms with Crippen LogP contribution < -0.4 is 14.4 Å². The van der Waals surface area contributed by atoms with Crippen LogP contribution in [0, 0.1) is 5.92 Å². The smallest absolute Gasteiger partial charge is 0.417 e. The summed E-state index contributed by atoms with van der Waals surface area (Å²) in [5, 5.41) is 2.18. The molecule has 0 fully saturated rings. The van der Waals surface area contributed by atoms with E-state index in [4.69, 9.17) is 16.3 Å². The zero-order valence-electron chi connectivity index (χ0n) is 22.4. The fourth-order valence-corrected chi connectivity index (χ4v) is 4.88. The fraction of sp³-hybridized carbons (Fsp3) is 0.462. The Labute approximate surface area is 232 Å². The van der Waals surface area contributed by atoms with E-state index in [-0.39, 0.29) is 24.6 Å². The van der Waals surface area contributed by atoms with E-state index < -0.39 is 51.2 Å². The first-order valence-electron chi connectivity index (χ1n) is 12.1. The summed E-state index contributed by atoms with van der Waals surface area (Å²) in [6.07, 6.45) is -3.86. The molecule has 0 aliphatic heterocycles. The zero-order valence-corrected chi connectivity index (χ0v) is 24.0. The highest BCUT2D eigenvalue weighted by atomic mass is 35.5. The molecule has 0 saturated heterocycles. The predicted octanol–water partition coefficient (Wildman–Crippen LogP) is 4.71. The summed E-state index contributed by atoms with van der Waals surface area (Å²) in [5.41, 5.74) is -1.02. The normalized spacial score (nSPS) is 12.7. The lowest BCUT2D eigenvalue weighted by atomic mass is 10.1. The van der Waals surface area contributed by atoms with E-state index in [0.29, 0.717) is 28.2 Å². The number of hydrogen-bond acceptors (Lipinski definition) is 5. The van der Waals surface area contributed by atoms with Crippen LogP contribution in [-0.4, -0.2) is 57.6 Å². The summed E-state index contributed by atoms with van der Waals surface area (Å²) in [5.74, 6) is -0.559. The number of carbonyl (C=O) groups is 2. The van der Waals surface area contributed by atoms with Gasteiger partial charge in [-0.3, -0.25) is 13.9 Å². The van der Waals surface area contributed by atoms with Gasteiger partial charge in [-0.15, -0.1) is 0 Å². The number of carbonyl (C=O) groups excluding carboxylic acids is 2. The van der Waals surface area contributed by atoms with E-state index in [1.54, 1.807) is 31.2 Å². The first-order valence-corrected chi connectivity index (χ1v) is 14.4. The number of methoxy groups -OCH3 is 1. The predicted molar refractivity (Wildman–Crippen MR) is 144 cm³/mol. The molecule has 0 unspecified atom stereocenters. The number of ether oxygens (including phenoxy) is 1. The van der Waals surface area contributed by atoms with Crippen LogP contribution in [0.15, 0.2) is 42.5 Å². The molecule has 216 valence electrons. The van der Waals surface area contributed by atoms with Gasteiger partial charge in [0.2, 0.25) is 21.8 Å². The lowest BCUT2D eigenvalue weighted by molar-refractivity contribution is -0.140. The molecule has 1 atom stereocenters. The van der Waals surface area contributed by atoms with Gasteiger partial charge in [-0.25, -0.2) is 8.42 Å². The molecule has 2 rings (SSSR count). The Hall–Kier alpha value is -2.99. The second-order valence-electron chi connectivity index (χ2n) is 9.37. The molecule has 2 aromatic rings. The second-order valence-corrected chi connectivity index (χ2v) is 11.7. The number of amides is 2. The van der Waals surface area contributed by atoms with Crippen molar-refractivity contribution in [2.75, 3.05) is 30.8 Å². The lowest BCUT2D eigenvalue weighted by Gasteiger charge is -2.33. The Morgan fingerprint density at radius 3 is 2.33 bits per heavy atom. The van der Waals surface area contributed by atoms with Crippen LogP contribution in [-0.2, 0) is 32.3 Å². The molecule has 0 saturated carbocycles. The second kappa shape index (κ2) is 13.4. The summed E-state index contributed by atoms with van der Waals surface area (Å²) in [6, 6.07) is 8.40. The molecular formula is C26H33ClF3N3O5S. The highest BCUT2D eigenvalue weighted by molar-refractivity contribution is 7.92. The Morgan fingerprint density at radius 2 is 1.79 bits per heavy atom. The molecule has 0 spiro atoms. The van der Waals surface area contributed by atoms with E-state index >= 15 is 0 Å². The number of halogens is 4. The van der Waals surface area contributed by atoms with Crippen molar-refractivity contribution >= 4 is 39.1 Å². The Bertz CT molecular complexity index is 1270. The van der Waals surface area contributed by atoms with Gasteiger partial charge >= 0.3 is 6.18 Å². The molecule has 0 aliphatic rings. The van der Waals surface area contributed by atoms with E-state index in [1.807, 2.05) is 13.8 Å². The van der Waals surface area contributed by atoms with Crippen molar-refractivity contribution in [1.29, 1.82) is 0 Å². The standard InChI is InChI=1S/C26H33ClF3N3O5S/c1-6-23(25(35)31-14-17(2)3)32(15-18-8-7-9-20(12-18)38-4)24(34)16-33(39(5,36)37)19-10-11-22(27)21(13-19)26(28,29)30/h7-13,17,23H,6,14-16H2,1-5H3,(H,31,35)/t23-/m0/s1. The SMILES string of the molecule is CC[C@@H](C(=O)NCC(C)C)N(Cc1cccc(OC)c1)C(=O)CN(c1ccc(Cl)c(C(F)(F)F)c1)S(C)(=O)=O. The van der Waals surface area contributed by atoms with Crippen LogP contribution in [0.5, 0.6) is 5.75 Å². The number of anilines is 1. The van der Waals surface area contributed by atoms with Crippen LogP contribution in [0.4, 0.5) is 18.9 Å². The Balaban J connectivity index is 2.52. The van der Waals surface area contributed by atoms with Gasteiger partial charge in [0, 0.05) is 13.1 Å². The van der Waals surface area contributed by atoms with Gasteiger partial charge in [-0.05, 0) is 48.2 Å². The van der Waals surface area contributed by atoms with E-state index in [1.165, 1.54) is 12.0 Å². The van der Waals surface area contributed by atoms with Crippen LogP contribution >= 0.6 is 11.6 Å². The van der Waals surface area contributed by atoms with E-state index in [9.17, 15) is 31.2 Å². The minimum atomic E-state index is -4.85. The van der Waals surface area contributed by atoms with Gasteiger partial charge in [0.15, 0.2) is 0 Å². The van der Waals surface area contributed by atoms with Gasteiger partial charge in [0.05, 0.1) is 29.6 Å². The summed E-state index contributed by atoms with van der Waals surface area (Å²) < 4.78 is 71.6. The molecule has 8 nitrogen and oxygen atoms in total. The van der Waals surface area contributed by atoms with Crippen LogP contribution in [0.1, 0.15) is 38.3 Å². The quantitative estimate of drug-likeness (QED) is 0.386. The average molecular weight is 592 g/mol. The average Bonchev–Trinajstić information content (AvgIpc) is 2.85. The number of rotatable bonds is 12. The van der Waals surface area contributed by atoms with Crippen LogP contribution in [0.2, 0.25) is 5.02 Å². The van der Waals surface area contributed by atoms with Gasteiger partial charge in [-0.1, -0.05) is 44.5 Å². The number of nitrogens with one attached hydrogen (secondary N) is 1. The fourth-order valence-electron chi connectivity index (χ4n) is 3.81. The van der Waals surface area contributed by atoms with Crippen molar-refractivity contribution in [2.24, 2.45) is 5.92 Å². The monoisotopic (exact) mass is 591 g/mol. The summed E-state index contributed by atoms with van der Waals surface area (Å²) in [7, 11) is -2.75. The molecule has 2 amide bonds. The first kappa shape index (κ1) is 32.2. The number of benzene rings is 2. The molecule has 0 radical (unpaired) electrons. The summed E-state index contributed by atoms with van der Waals surface area (Å²) >= 11 is 5.70. The molecule has 0 heterocycles. The Morgan fingerprint density at radius 1 is 1.13 bits per heavy atom. The highest BCUT2D eigenvalue weighted by Crippen LogP contribution is 2.37. The van der Waals surface area contributed by atoms with Crippen molar-refractivity contribution in [3.63, 3.8) is 0 Å². The van der Waals surface area contributed by atoms with E-state index in [0.717, 1.165) is 18.4 Å².